The molecule has 1 nitrogen and oxygen atoms in total. The van der Waals surface area contributed by atoms with Crippen molar-refractivity contribution in [2.24, 2.45) is 5.92 Å². The molecule has 0 unspecified atom stereocenters. The van der Waals surface area contributed by atoms with E-state index in [4.69, 9.17) is 4.74 Å². The summed E-state index contributed by atoms with van der Waals surface area (Å²) in [6.07, 6.45) is 2.38. The van der Waals surface area contributed by atoms with Gasteiger partial charge in [-0.25, -0.2) is 0 Å². The molecule has 0 amide bonds. The summed E-state index contributed by atoms with van der Waals surface area (Å²) in [4.78, 5) is 0. The first-order chi connectivity index (χ1) is 4.30. The Balaban J connectivity index is 0.000000810. The van der Waals surface area contributed by atoms with Gasteiger partial charge in [-0.2, -0.15) is 18.8 Å². The second-order valence-corrected chi connectivity index (χ2v) is 2.93. The van der Waals surface area contributed by atoms with Crippen molar-refractivity contribution in [1.29, 1.82) is 0 Å². The second kappa shape index (κ2) is 5.68. The first-order valence-electron chi connectivity index (χ1n) is 3.73. The molecule has 1 rings (SSSR count). The SMILES string of the molecule is CC(C)[C-]1CCOCC1.[Y]. The van der Waals surface area contributed by atoms with E-state index in [1.165, 1.54) is 12.8 Å². The van der Waals surface area contributed by atoms with Gasteiger partial charge in [-0.3, -0.25) is 0 Å². The van der Waals surface area contributed by atoms with Crippen LogP contribution >= 0.6 is 0 Å². The molecule has 57 valence electrons. The van der Waals surface area contributed by atoms with Crippen LogP contribution in [0.1, 0.15) is 26.7 Å². The van der Waals surface area contributed by atoms with E-state index < -0.39 is 0 Å². The predicted molar refractivity (Wildman–Crippen MR) is 38.1 cm³/mol. The first kappa shape index (κ1) is 11.1. The van der Waals surface area contributed by atoms with Crippen molar-refractivity contribution in [2.75, 3.05) is 13.2 Å². The maximum Gasteiger partial charge on any atom is 0.0197 e. The molecule has 0 saturated carbocycles. The van der Waals surface area contributed by atoms with E-state index in [0.29, 0.717) is 0 Å². The van der Waals surface area contributed by atoms with Gasteiger partial charge in [-0.1, -0.05) is 13.8 Å². The molecule has 0 aromatic rings. The smallest absolute Gasteiger partial charge is 0.0197 e. The van der Waals surface area contributed by atoms with Crippen molar-refractivity contribution in [3.8, 4) is 0 Å². The molecule has 0 aliphatic carbocycles. The van der Waals surface area contributed by atoms with Gasteiger partial charge in [-0.15, -0.1) is 0 Å². The van der Waals surface area contributed by atoms with Crippen molar-refractivity contribution < 1.29 is 37.4 Å². The summed E-state index contributed by atoms with van der Waals surface area (Å²) in [5.41, 5.74) is 0. The molecule has 0 aromatic heterocycles. The zero-order valence-corrected chi connectivity index (χ0v) is 9.73. The summed E-state index contributed by atoms with van der Waals surface area (Å²) >= 11 is 0. The van der Waals surface area contributed by atoms with Gasteiger partial charge in [0.1, 0.15) is 0 Å². The van der Waals surface area contributed by atoms with Gasteiger partial charge in [0.15, 0.2) is 0 Å². The average Bonchev–Trinajstić information content (AvgIpc) is 1.90. The monoisotopic (exact) mass is 216 g/mol. The molecule has 1 fully saturated rings. The third kappa shape index (κ3) is 3.45. The molecule has 0 N–H and O–H groups in total. The van der Waals surface area contributed by atoms with E-state index in [2.05, 4.69) is 13.8 Å². The van der Waals surface area contributed by atoms with Crippen molar-refractivity contribution in [1.82, 2.24) is 0 Å². The molecule has 1 heterocycles. The zero-order chi connectivity index (χ0) is 6.69. The Morgan fingerprint density at radius 1 is 1.20 bits per heavy atom. The Morgan fingerprint density at radius 3 is 2.00 bits per heavy atom. The van der Waals surface area contributed by atoms with E-state index in [-0.39, 0.29) is 32.7 Å². The van der Waals surface area contributed by atoms with Gasteiger partial charge in [0.2, 0.25) is 0 Å². The van der Waals surface area contributed by atoms with Crippen LogP contribution in [0, 0.1) is 11.8 Å². The van der Waals surface area contributed by atoms with Gasteiger partial charge in [0.25, 0.3) is 0 Å². The first-order valence-corrected chi connectivity index (χ1v) is 3.73. The molecule has 10 heavy (non-hydrogen) atoms. The van der Waals surface area contributed by atoms with Gasteiger partial charge in [0, 0.05) is 45.9 Å². The van der Waals surface area contributed by atoms with Crippen LogP contribution in [0.2, 0.25) is 0 Å². The van der Waals surface area contributed by atoms with E-state index in [9.17, 15) is 0 Å². The molecule has 2 heteroatoms. The Morgan fingerprint density at radius 2 is 1.70 bits per heavy atom. The van der Waals surface area contributed by atoms with Crippen LogP contribution in [0.5, 0.6) is 0 Å². The van der Waals surface area contributed by atoms with Gasteiger partial charge >= 0.3 is 0 Å². The standard InChI is InChI=1S/C8H15O.Y/c1-7(2)8-3-5-9-6-4-8;/h7H,3-6H2,1-2H3;/q-1;. The van der Waals surface area contributed by atoms with Crippen LogP contribution in [0.3, 0.4) is 0 Å². The fraction of sp³-hybridized carbons (Fsp3) is 0.875. The predicted octanol–water partition coefficient (Wildman–Crippen LogP) is 2.02. The molecule has 0 spiro atoms. The van der Waals surface area contributed by atoms with Crippen LogP contribution < -0.4 is 0 Å². The van der Waals surface area contributed by atoms with Gasteiger partial charge in [0.05, 0.1) is 0 Å². The molecule has 1 radical (unpaired) electrons. The Kier molecular flexibility index (Phi) is 6.29. The topological polar surface area (TPSA) is 9.23 Å². The Labute approximate surface area is 88.8 Å². The molecular weight excluding hydrogens is 201 g/mol. The largest absolute Gasteiger partial charge is 0.387 e. The minimum Gasteiger partial charge on any atom is -0.387 e. The minimum atomic E-state index is 0. The maximum atomic E-state index is 5.23. The Bertz CT molecular complexity index is 77.3. The maximum absolute atomic E-state index is 5.23. The van der Waals surface area contributed by atoms with Crippen LogP contribution in [-0.4, -0.2) is 13.2 Å². The van der Waals surface area contributed by atoms with Gasteiger partial charge < -0.3 is 10.7 Å². The fourth-order valence-corrected chi connectivity index (χ4v) is 1.21. The number of rotatable bonds is 1. The Hall–Kier alpha value is 1.06. The number of hydrogen-bond acceptors (Lipinski definition) is 1. The second-order valence-electron chi connectivity index (χ2n) is 2.93. The average molecular weight is 216 g/mol. The molecule has 0 aromatic carbocycles. The summed E-state index contributed by atoms with van der Waals surface area (Å²) in [5.74, 6) is 2.45. The summed E-state index contributed by atoms with van der Waals surface area (Å²) in [6.45, 7) is 6.43. The van der Waals surface area contributed by atoms with E-state index in [0.717, 1.165) is 19.1 Å². The van der Waals surface area contributed by atoms with Crippen LogP contribution in [0.15, 0.2) is 0 Å². The zero-order valence-electron chi connectivity index (χ0n) is 6.89. The van der Waals surface area contributed by atoms with Crippen LogP contribution in [-0.2, 0) is 37.4 Å². The van der Waals surface area contributed by atoms with E-state index in [1.807, 2.05) is 0 Å². The number of ether oxygens (including phenoxy) is 1. The molecule has 1 aliphatic rings. The van der Waals surface area contributed by atoms with Crippen LogP contribution in [0.4, 0.5) is 0 Å². The molecule has 1 aliphatic heterocycles. The van der Waals surface area contributed by atoms with Crippen molar-refractivity contribution >= 4 is 0 Å². The minimum absolute atomic E-state index is 0. The fourth-order valence-electron chi connectivity index (χ4n) is 1.21. The van der Waals surface area contributed by atoms with Crippen molar-refractivity contribution in [3.63, 3.8) is 0 Å². The van der Waals surface area contributed by atoms with E-state index >= 15 is 0 Å². The summed E-state index contributed by atoms with van der Waals surface area (Å²) in [6, 6.07) is 0. The summed E-state index contributed by atoms with van der Waals surface area (Å²) in [5, 5.41) is 0. The van der Waals surface area contributed by atoms with Crippen molar-refractivity contribution in [3.05, 3.63) is 5.92 Å². The molecule has 1 saturated heterocycles. The summed E-state index contributed by atoms with van der Waals surface area (Å²) in [7, 11) is 0. The molecule has 0 bridgehead atoms. The third-order valence-electron chi connectivity index (χ3n) is 1.95. The molecular formula is C8H15OY-. The van der Waals surface area contributed by atoms with Gasteiger partial charge in [-0.05, 0) is 0 Å². The van der Waals surface area contributed by atoms with Crippen molar-refractivity contribution in [2.45, 2.75) is 26.7 Å². The quantitative estimate of drug-likeness (QED) is 0.609. The summed E-state index contributed by atoms with van der Waals surface area (Å²) < 4.78 is 5.23. The van der Waals surface area contributed by atoms with E-state index in [1.54, 1.807) is 5.92 Å². The third-order valence-corrected chi connectivity index (χ3v) is 1.95. The van der Waals surface area contributed by atoms with Crippen LogP contribution in [0.25, 0.3) is 0 Å². The number of hydrogen-bond donors (Lipinski definition) is 0. The normalized spacial score (nSPS) is 20.7. The molecule has 0 atom stereocenters.